The lowest BCUT2D eigenvalue weighted by atomic mass is 10.1. The molecule has 2 heterocycles. The fourth-order valence-electron chi connectivity index (χ4n) is 2.71. The second-order valence-electron chi connectivity index (χ2n) is 5.36. The standard InChI is InChI=1S/C14H19BrFN3/c15-14-7-12(16)2-1-11(14)10-18-3-5-19(6-4-18)13-8-17-9-13/h1-2,7,13,17H,3-6,8-10H2. The van der Waals surface area contributed by atoms with E-state index < -0.39 is 0 Å². The molecule has 1 aromatic rings. The van der Waals surface area contributed by atoms with Crippen LogP contribution in [0.25, 0.3) is 0 Å². The van der Waals surface area contributed by atoms with Gasteiger partial charge in [0.1, 0.15) is 5.82 Å². The zero-order chi connectivity index (χ0) is 13.2. The van der Waals surface area contributed by atoms with Gasteiger partial charge in [-0.1, -0.05) is 22.0 Å². The first kappa shape index (κ1) is 13.5. The maximum Gasteiger partial charge on any atom is 0.124 e. The maximum atomic E-state index is 13.1. The first-order valence-corrected chi connectivity index (χ1v) is 7.63. The maximum absolute atomic E-state index is 13.1. The molecule has 3 nitrogen and oxygen atoms in total. The molecule has 0 radical (unpaired) electrons. The normalized spacial score (nSPS) is 22.4. The average molecular weight is 328 g/mol. The Balaban J connectivity index is 1.54. The van der Waals surface area contributed by atoms with Gasteiger partial charge in [-0.25, -0.2) is 4.39 Å². The highest BCUT2D eigenvalue weighted by Gasteiger charge is 2.27. The fraction of sp³-hybridized carbons (Fsp3) is 0.571. The minimum Gasteiger partial charge on any atom is -0.314 e. The van der Waals surface area contributed by atoms with E-state index in [1.165, 1.54) is 11.6 Å². The van der Waals surface area contributed by atoms with Crippen molar-refractivity contribution >= 4 is 15.9 Å². The number of rotatable bonds is 3. The van der Waals surface area contributed by atoms with Gasteiger partial charge in [0.2, 0.25) is 0 Å². The summed E-state index contributed by atoms with van der Waals surface area (Å²) in [6.07, 6.45) is 0. The number of nitrogens with one attached hydrogen (secondary N) is 1. The second-order valence-corrected chi connectivity index (χ2v) is 6.21. The molecule has 0 atom stereocenters. The SMILES string of the molecule is Fc1ccc(CN2CCN(C3CNC3)CC2)c(Br)c1. The van der Waals surface area contributed by atoms with Crippen LogP contribution in [0, 0.1) is 5.82 Å². The highest BCUT2D eigenvalue weighted by molar-refractivity contribution is 9.10. The Bertz CT molecular complexity index is 442. The molecule has 2 fully saturated rings. The van der Waals surface area contributed by atoms with Gasteiger partial charge in [0.15, 0.2) is 0 Å². The molecule has 0 amide bonds. The van der Waals surface area contributed by atoms with Crippen LogP contribution in [-0.4, -0.2) is 55.1 Å². The van der Waals surface area contributed by atoms with Gasteiger partial charge in [-0.05, 0) is 17.7 Å². The topological polar surface area (TPSA) is 18.5 Å². The van der Waals surface area contributed by atoms with Crippen LogP contribution in [0.2, 0.25) is 0 Å². The van der Waals surface area contributed by atoms with Crippen molar-refractivity contribution in [2.45, 2.75) is 12.6 Å². The van der Waals surface area contributed by atoms with Gasteiger partial charge in [-0.3, -0.25) is 9.80 Å². The molecule has 0 unspecified atom stereocenters. The summed E-state index contributed by atoms with van der Waals surface area (Å²) >= 11 is 3.44. The van der Waals surface area contributed by atoms with Gasteiger partial charge >= 0.3 is 0 Å². The van der Waals surface area contributed by atoms with Crippen molar-refractivity contribution in [3.05, 3.63) is 34.1 Å². The summed E-state index contributed by atoms with van der Waals surface area (Å²) in [6.45, 7) is 7.67. The Morgan fingerprint density at radius 3 is 2.53 bits per heavy atom. The molecular formula is C14H19BrFN3. The lowest BCUT2D eigenvalue weighted by molar-refractivity contribution is 0.0695. The van der Waals surface area contributed by atoms with E-state index in [0.717, 1.165) is 56.3 Å². The van der Waals surface area contributed by atoms with Crippen LogP contribution in [0.5, 0.6) is 0 Å². The van der Waals surface area contributed by atoms with E-state index in [9.17, 15) is 4.39 Å². The van der Waals surface area contributed by atoms with Crippen molar-refractivity contribution in [2.24, 2.45) is 0 Å². The minimum absolute atomic E-state index is 0.182. The molecule has 1 N–H and O–H groups in total. The Kier molecular flexibility index (Phi) is 4.17. The minimum atomic E-state index is -0.182. The van der Waals surface area contributed by atoms with Crippen LogP contribution in [-0.2, 0) is 6.54 Å². The monoisotopic (exact) mass is 327 g/mol. The smallest absolute Gasteiger partial charge is 0.124 e. The summed E-state index contributed by atoms with van der Waals surface area (Å²) in [5, 5.41) is 3.33. The van der Waals surface area contributed by atoms with Crippen molar-refractivity contribution in [3.8, 4) is 0 Å². The Labute approximate surface area is 121 Å². The number of halogens is 2. The van der Waals surface area contributed by atoms with Gasteiger partial charge in [0.25, 0.3) is 0 Å². The molecule has 0 aliphatic carbocycles. The summed E-state index contributed by atoms with van der Waals surface area (Å²) in [5.74, 6) is -0.182. The van der Waals surface area contributed by atoms with Gasteiger partial charge in [0.05, 0.1) is 0 Å². The summed E-state index contributed by atoms with van der Waals surface area (Å²) in [7, 11) is 0. The summed E-state index contributed by atoms with van der Waals surface area (Å²) < 4.78 is 13.9. The Morgan fingerprint density at radius 2 is 1.95 bits per heavy atom. The number of benzene rings is 1. The lowest BCUT2D eigenvalue weighted by Gasteiger charge is -2.43. The third kappa shape index (κ3) is 3.16. The largest absolute Gasteiger partial charge is 0.314 e. The number of hydrogen-bond acceptors (Lipinski definition) is 3. The molecule has 1 aromatic carbocycles. The van der Waals surface area contributed by atoms with Crippen LogP contribution in [0.15, 0.2) is 22.7 Å². The van der Waals surface area contributed by atoms with E-state index >= 15 is 0 Å². The second kappa shape index (κ2) is 5.87. The zero-order valence-electron chi connectivity index (χ0n) is 10.9. The molecule has 0 spiro atoms. The summed E-state index contributed by atoms with van der Waals surface area (Å²) in [4.78, 5) is 5.02. The van der Waals surface area contributed by atoms with Gasteiger partial charge < -0.3 is 5.32 Å². The van der Waals surface area contributed by atoms with E-state index in [1.807, 2.05) is 6.07 Å². The predicted octanol–water partition coefficient (Wildman–Crippen LogP) is 1.68. The molecule has 0 aromatic heterocycles. The number of nitrogens with zero attached hydrogens (tertiary/aromatic N) is 2. The Hall–Kier alpha value is -0.490. The zero-order valence-corrected chi connectivity index (χ0v) is 12.5. The van der Waals surface area contributed by atoms with Crippen LogP contribution in [0.4, 0.5) is 4.39 Å². The highest BCUT2D eigenvalue weighted by atomic mass is 79.9. The Morgan fingerprint density at radius 1 is 1.21 bits per heavy atom. The van der Waals surface area contributed by atoms with E-state index in [1.54, 1.807) is 6.07 Å². The molecule has 0 saturated carbocycles. The summed E-state index contributed by atoms with van der Waals surface area (Å²) in [6, 6.07) is 5.71. The van der Waals surface area contributed by atoms with Crippen molar-refractivity contribution in [1.82, 2.24) is 15.1 Å². The third-order valence-electron chi connectivity index (χ3n) is 4.09. The van der Waals surface area contributed by atoms with E-state index in [4.69, 9.17) is 0 Å². The van der Waals surface area contributed by atoms with Gasteiger partial charge in [-0.2, -0.15) is 0 Å². The molecule has 2 aliphatic rings. The molecular weight excluding hydrogens is 309 g/mol. The summed E-state index contributed by atoms with van der Waals surface area (Å²) in [5.41, 5.74) is 1.17. The first-order valence-electron chi connectivity index (χ1n) is 6.83. The molecule has 2 saturated heterocycles. The van der Waals surface area contributed by atoms with E-state index in [0.29, 0.717) is 0 Å². The van der Waals surface area contributed by atoms with Crippen LogP contribution < -0.4 is 5.32 Å². The number of piperazine rings is 1. The van der Waals surface area contributed by atoms with Crippen molar-refractivity contribution in [2.75, 3.05) is 39.3 Å². The highest BCUT2D eigenvalue weighted by Crippen LogP contribution is 2.20. The van der Waals surface area contributed by atoms with Gasteiger partial charge in [-0.15, -0.1) is 0 Å². The lowest BCUT2D eigenvalue weighted by Crippen LogP contribution is -2.61. The van der Waals surface area contributed by atoms with E-state index in [-0.39, 0.29) is 5.82 Å². The molecule has 2 aliphatic heterocycles. The van der Waals surface area contributed by atoms with E-state index in [2.05, 4.69) is 31.0 Å². The fourth-order valence-corrected chi connectivity index (χ4v) is 3.19. The van der Waals surface area contributed by atoms with Gasteiger partial charge in [0, 0.05) is 56.3 Å². The molecule has 19 heavy (non-hydrogen) atoms. The third-order valence-corrected chi connectivity index (χ3v) is 4.83. The average Bonchev–Trinajstić information content (AvgIpc) is 2.33. The first-order chi connectivity index (χ1) is 9.22. The molecule has 3 rings (SSSR count). The van der Waals surface area contributed by atoms with Crippen molar-refractivity contribution in [3.63, 3.8) is 0 Å². The van der Waals surface area contributed by atoms with Crippen molar-refractivity contribution < 1.29 is 4.39 Å². The van der Waals surface area contributed by atoms with Crippen LogP contribution in [0.1, 0.15) is 5.56 Å². The predicted molar refractivity (Wildman–Crippen MR) is 77.6 cm³/mol. The quantitative estimate of drug-likeness (QED) is 0.911. The van der Waals surface area contributed by atoms with Crippen molar-refractivity contribution in [1.29, 1.82) is 0 Å². The molecule has 5 heteroatoms. The van der Waals surface area contributed by atoms with Crippen LogP contribution >= 0.6 is 15.9 Å². The number of hydrogen-bond donors (Lipinski definition) is 1. The van der Waals surface area contributed by atoms with Crippen LogP contribution in [0.3, 0.4) is 0 Å². The molecule has 0 bridgehead atoms. The molecule has 104 valence electrons.